The monoisotopic (exact) mass is 266 g/mol. The Bertz CT molecular complexity index is 548. The Morgan fingerprint density at radius 3 is 2.83 bits per heavy atom. The molecule has 0 aliphatic carbocycles. The summed E-state index contributed by atoms with van der Waals surface area (Å²) in [5.74, 6) is -0.360. The fourth-order valence-electron chi connectivity index (χ4n) is 1.58. The summed E-state index contributed by atoms with van der Waals surface area (Å²) >= 11 is 5.92. The van der Waals surface area contributed by atoms with Crippen LogP contribution in [0.4, 0.5) is 10.1 Å². The molecule has 0 radical (unpaired) electrons. The fourth-order valence-corrected chi connectivity index (χ4v) is 1.81. The molecule has 0 atom stereocenters. The summed E-state index contributed by atoms with van der Waals surface area (Å²) in [6.45, 7) is 0.375. The van der Waals surface area contributed by atoms with E-state index in [-0.39, 0.29) is 12.4 Å². The molecule has 0 saturated heterocycles. The van der Waals surface area contributed by atoms with Crippen LogP contribution in [0.25, 0.3) is 0 Å². The van der Waals surface area contributed by atoms with Gasteiger partial charge in [0.05, 0.1) is 18.5 Å². The van der Waals surface area contributed by atoms with E-state index in [1.54, 1.807) is 24.5 Å². The fraction of sp³-hybridized carbons (Fsp3) is 0.154. The van der Waals surface area contributed by atoms with Gasteiger partial charge in [0, 0.05) is 23.3 Å². The van der Waals surface area contributed by atoms with Crippen LogP contribution in [0.1, 0.15) is 11.1 Å². The Morgan fingerprint density at radius 2 is 2.11 bits per heavy atom. The Hall–Kier alpha value is -1.65. The summed E-state index contributed by atoms with van der Waals surface area (Å²) in [7, 11) is 0. The second-order valence-electron chi connectivity index (χ2n) is 3.78. The van der Waals surface area contributed by atoms with Gasteiger partial charge in [0.1, 0.15) is 5.82 Å². The maximum Gasteiger partial charge on any atom is 0.124 e. The first-order valence-corrected chi connectivity index (χ1v) is 5.80. The van der Waals surface area contributed by atoms with E-state index in [1.807, 2.05) is 0 Å². The lowest BCUT2D eigenvalue weighted by Gasteiger charge is -2.10. The standard InChI is InChI=1S/C13H12ClFN2O/c14-12-5-11(15)2-1-9(12)6-17-13-7-16-4-3-10(13)8-18/h1-5,7,17-18H,6,8H2. The zero-order valence-electron chi connectivity index (χ0n) is 9.53. The molecule has 0 saturated carbocycles. The highest BCUT2D eigenvalue weighted by Gasteiger charge is 2.04. The van der Waals surface area contributed by atoms with Crippen LogP contribution in [0.3, 0.4) is 0 Å². The highest BCUT2D eigenvalue weighted by molar-refractivity contribution is 6.31. The average Bonchev–Trinajstić information content (AvgIpc) is 2.38. The van der Waals surface area contributed by atoms with Gasteiger partial charge in [-0.25, -0.2) is 4.39 Å². The zero-order valence-corrected chi connectivity index (χ0v) is 10.3. The molecular weight excluding hydrogens is 255 g/mol. The number of hydrogen-bond acceptors (Lipinski definition) is 3. The molecule has 5 heteroatoms. The molecule has 0 unspecified atom stereocenters. The van der Waals surface area contributed by atoms with Crippen molar-refractivity contribution < 1.29 is 9.50 Å². The summed E-state index contributed by atoms with van der Waals surface area (Å²) < 4.78 is 12.9. The van der Waals surface area contributed by atoms with E-state index in [1.165, 1.54) is 12.1 Å². The molecule has 94 valence electrons. The number of rotatable bonds is 4. The molecule has 2 aromatic rings. The van der Waals surface area contributed by atoms with Gasteiger partial charge in [-0.3, -0.25) is 4.98 Å². The van der Waals surface area contributed by atoms with Crippen LogP contribution in [0.2, 0.25) is 5.02 Å². The van der Waals surface area contributed by atoms with E-state index >= 15 is 0 Å². The Morgan fingerprint density at radius 1 is 1.28 bits per heavy atom. The van der Waals surface area contributed by atoms with Crippen LogP contribution in [0.15, 0.2) is 36.7 Å². The minimum atomic E-state index is -0.360. The number of nitrogens with one attached hydrogen (secondary N) is 1. The predicted molar refractivity (Wildman–Crippen MR) is 68.9 cm³/mol. The van der Waals surface area contributed by atoms with Gasteiger partial charge in [-0.05, 0) is 23.8 Å². The molecule has 18 heavy (non-hydrogen) atoms. The lowest BCUT2D eigenvalue weighted by molar-refractivity contribution is 0.282. The smallest absolute Gasteiger partial charge is 0.124 e. The second kappa shape index (κ2) is 5.80. The third-order valence-electron chi connectivity index (χ3n) is 2.57. The number of nitrogens with zero attached hydrogens (tertiary/aromatic N) is 1. The first kappa shape index (κ1) is 12.8. The van der Waals surface area contributed by atoms with E-state index in [2.05, 4.69) is 10.3 Å². The first-order valence-electron chi connectivity index (χ1n) is 5.42. The maximum absolute atomic E-state index is 12.9. The van der Waals surface area contributed by atoms with Gasteiger partial charge in [0.15, 0.2) is 0 Å². The van der Waals surface area contributed by atoms with Crippen molar-refractivity contribution in [1.82, 2.24) is 4.98 Å². The van der Waals surface area contributed by atoms with Crippen molar-refractivity contribution in [2.45, 2.75) is 13.2 Å². The number of aliphatic hydroxyl groups is 1. The van der Waals surface area contributed by atoms with E-state index in [4.69, 9.17) is 16.7 Å². The third-order valence-corrected chi connectivity index (χ3v) is 2.92. The number of aromatic nitrogens is 1. The molecule has 1 heterocycles. The van der Waals surface area contributed by atoms with Crippen LogP contribution in [0, 0.1) is 5.82 Å². The lowest BCUT2D eigenvalue weighted by atomic mass is 10.2. The van der Waals surface area contributed by atoms with Gasteiger partial charge in [-0.1, -0.05) is 17.7 Å². The molecule has 0 amide bonds. The molecular formula is C13H12ClFN2O. The summed E-state index contributed by atoms with van der Waals surface area (Å²) in [5, 5.41) is 12.6. The quantitative estimate of drug-likeness (QED) is 0.894. The topological polar surface area (TPSA) is 45.2 Å². The Balaban J connectivity index is 2.11. The lowest BCUT2D eigenvalue weighted by Crippen LogP contribution is -2.03. The number of aliphatic hydroxyl groups excluding tert-OH is 1. The van der Waals surface area contributed by atoms with Crippen LogP contribution < -0.4 is 5.32 Å². The summed E-state index contributed by atoms with van der Waals surface area (Å²) in [6, 6.07) is 5.99. The maximum atomic E-state index is 12.9. The summed E-state index contributed by atoms with van der Waals surface area (Å²) in [4.78, 5) is 3.98. The molecule has 0 aliphatic rings. The molecule has 2 N–H and O–H groups in total. The summed E-state index contributed by atoms with van der Waals surface area (Å²) in [5.41, 5.74) is 2.27. The van der Waals surface area contributed by atoms with Gasteiger partial charge in [0.25, 0.3) is 0 Å². The van der Waals surface area contributed by atoms with Gasteiger partial charge < -0.3 is 10.4 Å². The minimum absolute atomic E-state index is 0.0675. The van der Waals surface area contributed by atoms with Crippen molar-refractivity contribution in [2.24, 2.45) is 0 Å². The summed E-state index contributed by atoms with van der Waals surface area (Å²) in [6.07, 6.45) is 3.24. The van der Waals surface area contributed by atoms with E-state index in [0.717, 1.165) is 16.8 Å². The van der Waals surface area contributed by atoms with Crippen molar-refractivity contribution in [3.8, 4) is 0 Å². The molecule has 0 fully saturated rings. The normalized spacial score (nSPS) is 10.4. The molecule has 0 spiro atoms. The van der Waals surface area contributed by atoms with Crippen molar-refractivity contribution in [3.63, 3.8) is 0 Å². The predicted octanol–water partition coefficient (Wildman–Crippen LogP) is 2.98. The molecule has 1 aromatic heterocycles. The van der Waals surface area contributed by atoms with Gasteiger partial charge >= 0.3 is 0 Å². The van der Waals surface area contributed by atoms with Crippen LogP contribution in [-0.4, -0.2) is 10.1 Å². The van der Waals surface area contributed by atoms with Gasteiger partial charge in [-0.15, -0.1) is 0 Å². The highest BCUT2D eigenvalue weighted by Crippen LogP contribution is 2.20. The number of benzene rings is 1. The highest BCUT2D eigenvalue weighted by atomic mass is 35.5. The zero-order chi connectivity index (χ0) is 13.0. The Labute approximate surface area is 109 Å². The van der Waals surface area contributed by atoms with Gasteiger partial charge in [0.2, 0.25) is 0 Å². The number of halogens is 2. The van der Waals surface area contributed by atoms with E-state index < -0.39 is 0 Å². The number of pyridine rings is 1. The molecule has 0 aliphatic heterocycles. The number of anilines is 1. The Kier molecular flexibility index (Phi) is 4.12. The molecule has 3 nitrogen and oxygen atoms in total. The van der Waals surface area contributed by atoms with Crippen LogP contribution >= 0.6 is 11.6 Å². The molecule has 0 bridgehead atoms. The van der Waals surface area contributed by atoms with Crippen LogP contribution in [-0.2, 0) is 13.2 Å². The first-order chi connectivity index (χ1) is 8.70. The van der Waals surface area contributed by atoms with Crippen molar-refractivity contribution >= 4 is 17.3 Å². The van der Waals surface area contributed by atoms with Crippen molar-refractivity contribution in [1.29, 1.82) is 0 Å². The average molecular weight is 267 g/mol. The number of hydrogen-bond donors (Lipinski definition) is 2. The third kappa shape index (κ3) is 2.97. The van der Waals surface area contributed by atoms with E-state index in [9.17, 15) is 4.39 Å². The largest absolute Gasteiger partial charge is 0.392 e. The van der Waals surface area contributed by atoms with Crippen LogP contribution in [0.5, 0.6) is 0 Å². The van der Waals surface area contributed by atoms with Gasteiger partial charge in [-0.2, -0.15) is 0 Å². The molecule has 2 rings (SSSR count). The second-order valence-corrected chi connectivity index (χ2v) is 4.19. The van der Waals surface area contributed by atoms with Crippen molar-refractivity contribution in [3.05, 3.63) is 58.6 Å². The molecule has 1 aromatic carbocycles. The SMILES string of the molecule is OCc1ccncc1NCc1ccc(F)cc1Cl. The minimum Gasteiger partial charge on any atom is -0.392 e. The van der Waals surface area contributed by atoms with E-state index in [0.29, 0.717) is 11.6 Å². The van der Waals surface area contributed by atoms with Crippen molar-refractivity contribution in [2.75, 3.05) is 5.32 Å².